The van der Waals surface area contributed by atoms with Crippen LogP contribution in [0.4, 0.5) is 0 Å². The molecule has 0 aliphatic heterocycles. The van der Waals surface area contributed by atoms with Gasteiger partial charge in [-0.25, -0.2) is 0 Å². The zero-order chi connectivity index (χ0) is 7.15. The fraction of sp³-hybridized carbons (Fsp3) is 0.500. The number of hydrogen-bond donors (Lipinski definition) is 2. The molecule has 0 amide bonds. The third kappa shape index (κ3) is 2900. The molecular formula is C4H22MnO11. The maximum atomic E-state index is 9.00. The summed E-state index contributed by atoms with van der Waals surface area (Å²) in [7, 11) is 0. The number of aliphatic carboxylic acids is 2. The Kier molecular flexibility index (Phi) is 653. The quantitative estimate of drug-likeness (QED) is 0.413. The maximum absolute atomic E-state index is 9.00. The van der Waals surface area contributed by atoms with Gasteiger partial charge in [0.25, 0.3) is 11.9 Å². The van der Waals surface area contributed by atoms with Crippen molar-refractivity contribution >= 4 is 11.9 Å². The summed E-state index contributed by atoms with van der Waals surface area (Å²) in [5, 5.41) is 14.8. The van der Waals surface area contributed by atoms with Crippen molar-refractivity contribution in [1.82, 2.24) is 0 Å². The molecule has 16 heavy (non-hydrogen) atoms. The van der Waals surface area contributed by atoms with Crippen LogP contribution >= 0.6 is 0 Å². The molecule has 111 valence electrons. The van der Waals surface area contributed by atoms with Crippen LogP contribution in [0, 0.1) is 0 Å². The van der Waals surface area contributed by atoms with Crippen LogP contribution in [0.3, 0.4) is 0 Å². The van der Waals surface area contributed by atoms with Gasteiger partial charge in [-0.1, -0.05) is 0 Å². The minimum Gasteiger partial charge on any atom is -0.481 e. The van der Waals surface area contributed by atoms with Crippen LogP contribution in [-0.2, 0) is 26.7 Å². The molecule has 12 heteroatoms. The van der Waals surface area contributed by atoms with Crippen molar-refractivity contribution < 1.29 is 75.2 Å². The van der Waals surface area contributed by atoms with E-state index < -0.39 is 11.9 Å². The molecule has 0 fully saturated rings. The van der Waals surface area contributed by atoms with Crippen LogP contribution in [0.1, 0.15) is 13.8 Å². The topological polar surface area (TPSA) is 295 Å². The van der Waals surface area contributed by atoms with Crippen LogP contribution in [0.25, 0.3) is 0 Å². The molecule has 0 spiro atoms. The Hall–Kier alpha value is -0.821. The molecule has 0 aromatic heterocycles. The monoisotopic (exact) mass is 301 g/mol. The number of carboxylic acids is 2. The van der Waals surface area contributed by atoms with E-state index in [1.165, 1.54) is 0 Å². The van der Waals surface area contributed by atoms with E-state index in [1.807, 2.05) is 0 Å². The average Bonchev–Trinajstić information content (AvgIpc) is 1.25. The summed E-state index contributed by atoms with van der Waals surface area (Å²) >= 11 is 0. The van der Waals surface area contributed by atoms with Crippen LogP contribution in [0.15, 0.2) is 0 Å². The molecule has 16 N–H and O–H groups in total. The molecule has 0 aliphatic rings. The second kappa shape index (κ2) is 91.8. The molecule has 0 aliphatic carbocycles. The Bertz CT molecular complexity index is 76.0. The van der Waals surface area contributed by atoms with Crippen molar-refractivity contribution in [1.29, 1.82) is 0 Å². The van der Waals surface area contributed by atoms with E-state index in [0.717, 1.165) is 13.8 Å². The van der Waals surface area contributed by atoms with Crippen LogP contribution in [0.5, 0.6) is 0 Å². The van der Waals surface area contributed by atoms with E-state index in [0.29, 0.717) is 0 Å². The molecule has 11 nitrogen and oxygen atoms in total. The first-order valence-electron chi connectivity index (χ1n) is 1.86. The molecular weight excluding hydrogens is 279 g/mol. The Morgan fingerprint density at radius 2 is 0.625 bits per heavy atom. The number of carboxylic acid groups (broad SMARTS) is 2. The van der Waals surface area contributed by atoms with Gasteiger partial charge in [0.2, 0.25) is 0 Å². The van der Waals surface area contributed by atoms with Crippen LogP contribution in [-0.4, -0.2) is 60.5 Å². The van der Waals surface area contributed by atoms with E-state index in [4.69, 9.17) is 19.8 Å². The second-order valence-electron chi connectivity index (χ2n) is 1.04. The van der Waals surface area contributed by atoms with E-state index >= 15 is 0 Å². The van der Waals surface area contributed by atoms with Gasteiger partial charge in [0.15, 0.2) is 0 Å². The summed E-state index contributed by atoms with van der Waals surface area (Å²) in [5.74, 6) is -1.67. The fourth-order valence-electron chi connectivity index (χ4n) is 0. The van der Waals surface area contributed by atoms with Gasteiger partial charge in [0.05, 0.1) is 0 Å². The van der Waals surface area contributed by atoms with E-state index in [1.54, 1.807) is 0 Å². The van der Waals surface area contributed by atoms with Crippen molar-refractivity contribution in [3.63, 3.8) is 0 Å². The summed E-state index contributed by atoms with van der Waals surface area (Å²) in [6.45, 7) is 2.17. The largest absolute Gasteiger partial charge is 0.481 e. The summed E-state index contributed by atoms with van der Waals surface area (Å²) in [4.78, 5) is 18.0. The summed E-state index contributed by atoms with van der Waals surface area (Å²) in [6.07, 6.45) is 0. The zero-order valence-electron chi connectivity index (χ0n) is 8.59. The molecule has 0 saturated heterocycles. The number of hydrogen-bond acceptors (Lipinski definition) is 2. The van der Waals surface area contributed by atoms with Crippen molar-refractivity contribution in [2.75, 3.05) is 0 Å². The van der Waals surface area contributed by atoms with Gasteiger partial charge in [0, 0.05) is 30.9 Å². The molecule has 0 bridgehead atoms. The molecule has 0 rings (SSSR count). The van der Waals surface area contributed by atoms with E-state index in [-0.39, 0.29) is 55.4 Å². The Morgan fingerprint density at radius 3 is 0.625 bits per heavy atom. The first-order valence-corrected chi connectivity index (χ1v) is 1.86. The van der Waals surface area contributed by atoms with Gasteiger partial charge in [0.1, 0.15) is 0 Å². The van der Waals surface area contributed by atoms with Crippen LogP contribution in [0.2, 0.25) is 0 Å². The first-order chi connectivity index (χ1) is 3.46. The van der Waals surface area contributed by atoms with E-state index in [9.17, 15) is 0 Å². The van der Waals surface area contributed by atoms with Crippen LogP contribution < -0.4 is 0 Å². The second-order valence-corrected chi connectivity index (χ2v) is 1.04. The minimum atomic E-state index is -0.833. The average molecular weight is 301 g/mol. The predicted molar refractivity (Wildman–Crippen MR) is 51.9 cm³/mol. The van der Waals surface area contributed by atoms with Gasteiger partial charge in [-0.15, -0.1) is 0 Å². The summed E-state index contributed by atoms with van der Waals surface area (Å²) in [6, 6.07) is 0. The maximum Gasteiger partial charge on any atom is 0.300 e. The summed E-state index contributed by atoms with van der Waals surface area (Å²) < 4.78 is 0. The van der Waals surface area contributed by atoms with Gasteiger partial charge in [-0.3, -0.25) is 9.59 Å². The van der Waals surface area contributed by atoms with Gasteiger partial charge < -0.3 is 48.5 Å². The fourth-order valence-corrected chi connectivity index (χ4v) is 0. The van der Waals surface area contributed by atoms with Crippen molar-refractivity contribution in [2.24, 2.45) is 0 Å². The molecule has 0 saturated carbocycles. The van der Waals surface area contributed by atoms with Crippen molar-refractivity contribution in [2.45, 2.75) is 13.8 Å². The SMILES string of the molecule is CC(=O)O.CC(=O)O.O.O.O.O.O.O.O.[Mn]. The van der Waals surface area contributed by atoms with Gasteiger partial charge >= 0.3 is 0 Å². The third-order valence-electron chi connectivity index (χ3n) is 0. The molecule has 0 unspecified atom stereocenters. The first kappa shape index (κ1) is 114. The van der Waals surface area contributed by atoms with E-state index in [2.05, 4.69) is 0 Å². The zero-order valence-corrected chi connectivity index (χ0v) is 9.77. The Balaban J connectivity index is -0.00000000375. The Morgan fingerprint density at radius 1 is 0.625 bits per heavy atom. The minimum absolute atomic E-state index is 0. The molecule has 0 atom stereocenters. The molecule has 0 aromatic rings. The number of carbonyl (C=O) groups is 2. The van der Waals surface area contributed by atoms with Crippen molar-refractivity contribution in [3.8, 4) is 0 Å². The molecule has 1 radical (unpaired) electrons. The van der Waals surface area contributed by atoms with Gasteiger partial charge in [-0.05, 0) is 0 Å². The Labute approximate surface area is 102 Å². The number of rotatable bonds is 0. The van der Waals surface area contributed by atoms with Crippen molar-refractivity contribution in [3.05, 3.63) is 0 Å². The smallest absolute Gasteiger partial charge is 0.300 e. The molecule has 0 aromatic carbocycles. The van der Waals surface area contributed by atoms with Gasteiger partial charge in [-0.2, -0.15) is 0 Å². The molecule has 0 heterocycles. The predicted octanol–water partition coefficient (Wildman–Crippen LogP) is -5.59. The summed E-state index contributed by atoms with van der Waals surface area (Å²) in [5.41, 5.74) is 0. The standard InChI is InChI=1S/2C2H4O2.Mn.7H2O/c2*1-2(3)4;;;;;;;;/h2*1H3,(H,3,4);;7*1H2. The normalized spacial score (nSPS) is 3.12. The third-order valence-corrected chi connectivity index (χ3v) is 0.